The van der Waals surface area contributed by atoms with E-state index in [4.69, 9.17) is 4.74 Å². The van der Waals surface area contributed by atoms with Crippen LogP contribution in [0.5, 0.6) is 0 Å². The first-order valence-corrected chi connectivity index (χ1v) is 7.60. The number of hydrogen-bond acceptors (Lipinski definition) is 4. The zero-order valence-electron chi connectivity index (χ0n) is 11.9. The highest BCUT2D eigenvalue weighted by Crippen LogP contribution is 2.20. The molecule has 0 aromatic heterocycles. The van der Waals surface area contributed by atoms with Crippen molar-refractivity contribution >= 4 is 0 Å². The van der Waals surface area contributed by atoms with Gasteiger partial charge in [-0.05, 0) is 18.5 Å². The first kappa shape index (κ1) is 14.0. The van der Waals surface area contributed by atoms with Crippen LogP contribution in [0.3, 0.4) is 0 Å². The minimum absolute atomic E-state index is 0.375. The lowest BCUT2D eigenvalue weighted by atomic mass is 10.1. The van der Waals surface area contributed by atoms with E-state index in [0.717, 1.165) is 51.5 Å². The summed E-state index contributed by atoms with van der Waals surface area (Å²) in [6, 6.07) is 10.6. The molecule has 0 radical (unpaired) electrons. The zero-order valence-corrected chi connectivity index (χ0v) is 11.9. The summed E-state index contributed by atoms with van der Waals surface area (Å²) >= 11 is 0. The first-order valence-electron chi connectivity index (χ1n) is 7.60. The van der Waals surface area contributed by atoms with Gasteiger partial charge in [0.05, 0.1) is 19.3 Å². The smallest absolute Gasteiger partial charge is 0.0916 e. The fraction of sp³-hybridized carbons (Fsp3) is 0.625. The predicted molar refractivity (Wildman–Crippen MR) is 78.6 cm³/mol. The zero-order chi connectivity index (χ0) is 13.8. The number of aliphatic hydroxyl groups excluding tert-OH is 1. The van der Waals surface area contributed by atoms with Crippen molar-refractivity contribution in [2.75, 3.05) is 45.9 Å². The molecule has 1 aromatic carbocycles. The summed E-state index contributed by atoms with van der Waals surface area (Å²) in [6.07, 6.45) is 0.834. The number of β-amino-alcohol motifs (C(OH)–C–C–N with tert-alkyl or cyclic N) is 1. The molecule has 2 unspecified atom stereocenters. The molecule has 0 aliphatic carbocycles. The van der Waals surface area contributed by atoms with Crippen LogP contribution in [0, 0.1) is 0 Å². The lowest BCUT2D eigenvalue weighted by Crippen LogP contribution is -2.44. The Bertz CT molecular complexity index is 406. The van der Waals surface area contributed by atoms with Gasteiger partial charge in [-0.3, -0.25) is 9.80 Å². The topological polar surface area (TPSA) is 35.9 Å². The Morgan fingerprint density at radius 2 is 1.90 bits per heavy atom. The molecule has 2 aliphatic rings. The van der Waals surface area contributed by atoms with Gasteiger partial charge in [-0.2, -0.15) is 0 Å². The lowest BCUT2D eigenvalue weighted by molar-refractivity contribution is 0.0174. The van der Waals surface area contributed by atoms with Crippen LogP contribution in [0.2, 0.25) is 0 Å². The van der Waals surface area contributed by atoms with Crippen LogP contribution in [-0.4, -0.2) is 66.9 Å². The van der Waals surface area contributed by atoms with Crippen molar-refractivity contribution in [1.29, 1.82) is 0 Å². The summed E-state index contributed by atoms with van der Waals surface area (Å²) in [4.78, 5) is 4.93. The number of rotatable bonds is 4. The summed E-state index contributed by atoms with van der Waals surface area (Å²) in [6.45, 7) is 6.74. The van der Waals surface area contributed by atoms with Crippen molar-refractivity contribution in [3.8, 4) is 0 Å². The molecule has 1 N–H and O–H groups in total. The molecule has 2 heterocycles. The van der Waals surface area contributed by atoms with Gasteiger partial charge in [-0.15, -0.1) is 0 Å². The maximum Gasteiger partial charge on any atom is 0.0916 e. The third kappa shape index (κ3) is 3.38. The second-order valence-corrected chi connectivity index (χ2v) is 5.78. The summed E-state index contributed by atoms with van der Waals surface area (Å²) in [5, 5.41) is 10.3. The van der Waals surface area contributed by atoms with Crippen molar-refractivity contribution in [2.45, 2.75) is 18.6 Å². The number of benzene rings is 1. The summed E-state index contributed by atoms with van der Waals surface area (Å²) < 4.78 is 5.41. The molecule has 4 heteroatoms. The van der Waals surface area contributed by atoms with Gasteiger partial charge >= 0.3 is 0 Å². The van der Waals surface area contributed by atoms with E-state index < -0.39 is 0 Å². The summed E-state index contributed by atoms with van der Waals surface area (Å²) in [5.74, 6) is 0. The molecule has 3 rings (SSSR count). The maximum atomic E-state index is 10.3. The highest BCUT2D eigenvalue weighted by atomic mass is 16.5. The standard InChI is InChI=1S/C16H24N2O2/c19-16(14-4-2-1-3-5-14)13-17-7-6-15(12-17)18-8-10-20-11-9-18/h1-5,15-16,19H,6-13H2. The Kier molecular flexibility index (Phi) is 4.68. The maximum absolute atomic E-state index is 10.3. The third-order valence-electron chi connectivity index (χ3n) is 4.43. The number of morpholine rings is 1. The second-order valence-electron chi connectivity index (χ2n) is 5.78. The SMILES string of the molecule is OC(CN1CCC(N2CCOCC2)C1)c1ccccc1. The van der Waals surface area contributed by atoms with Crippen LogP contribution in [0.15, 0.2) is 30.3 Å². The second kappa shape index (κ2) is 6.68. The average molecular weight is 276 g/mol. The van der Waals surface area contributed by atoms with E-state index in [1.165, 1.54) is 6.42 Å². The molecular weight excluding hydrogens is 252 g/mol. The molecule has 0 amide bonds. The Labute approximate surface area is 120 Å². The first-order chi connectivity index (χ1) is 9.83. The quantitative estimate of drug-likeness (QED) is 0.894. The molecule has 4 nitrogen and oxygen atoms in total. The molecule has 2 aliphatic heterocycles. The van der Waals surface area contributed by atoms with Crippen molar-refractivity contribution < 1.29 is 9.84 Å². The lowest BCUT2D eigenvalue weighted by Gasteiger charge is -2.32. The number of aliphatic hydroxyl groups is 1. The predicted octanol–water partition coefficient (Wildman–Crippen LogP) is 1.13. The molecule has 110 valence electrons. The number of likely N-dealkylation sites (tertiary alicyclic amines) is 1. The van der Waals surface area contributed by atoms with Gasteiger partial charge in [-0.25, -0.2) is 0 Å². The van der Waals surface area contributed by atoms with Crippen LogP contribution in [0.25, 0.3) is 0 Å². The van der Waals surface area contributed by atoms with Crippen LogP contribution in [0.1, 0.15) is 18.1 Å². The Hall–Kier alpha value is -0.940. The van der Waals surface area contributed by atoms with Crippen LogP contribution < -0.4 is 0 Å². The van der Waals surface area contributed by atoms with E-state index in [2.05, 4.69) is 9.80 Å². The van der Waals surface area contributed by atoms with E-state index in [1.54, 1.807) is 0 Å². The van der Waals surface area contributed by atoms with Crippen molar-refractivity contribution in [3.63, 3.8) is 0 Å². The minimum atomic E-state index is -0.375. The highest BCUT2D eigenvalue weighted by molar-refractivity contribution is 5.17. The minimum Gasteiger partial charge on any atom is -0.387 e. The van der Waals surface area contributed by atoms with Crippen molar-refractivity contribution in [3.05, 3.63) is 35.9 Å². The monoisotopic (exact) mass is 276 g/mol. The highest BCUT2D eigenvalue weighted by Gasteiger charge is 2.29. The normalized spacial score (nSPS) is 26.8. The number of ether oxygens (including phenoxy) is 1. The van der Waals surface area contributed by atoms with Crippen molar-refractivity contribution in [2.24, 2.45) is 0 Å². The van der Waals surface area contributed by atoms with Crippen LogP contribution in [0.4, 0.5) is 0 Å². The van der Waals surface area contributed by atoms with Crippen molar-refractivity contribution in [1.82, 2.24) is 9.80 Å². The van der Waals surface area contributed by atoms with Gasteiger partial charge in [0, 0.05) is 32.2 Å². The third-order valence-corrected chi connectivity index (χ3v) is 4.43. The molecule has 1 aromatic rings. The van der Waals surface area contributed by atoms with E-state index in [9.17, 15) is 5.11 Å². The summed E-state index contributed by atoms with van der Waals surface area (Å²) in [5.41, 5.74) is 1.02. The summed E-state index contributed by atoms with van der Waals surface area (Å²) in [7, 11) is 0. The molecule has 2 saturated heterocycles. The fourth-order valence-electron chi connectivity index (χ4n) is 3.24. The number of nitrogens with zero attached hydrogens (tertiary/aromatic N) is 2. The molecule has 2 fully saturated rings. The van der Waals surface area contributed by atoms with E-state index in [0.29, 0.717) is 6.04 Å². The fourth-order valence-corrected chi connectivity index (χ4v) is 3.24. The van der Waals surface area contributed by atoms with E-state index >= 15 is 0 Å². The van der Waals surface area contributed by atoms with Gasteiger partial charge < -0.3 is 9.84 Å². The van der Waals surface area contributed by atoms with Gasteiger partial charge in [-0.1, -0.05) is 30.3 Å². The van der Waals surface area contributed by atoms with E-state index in [-0.39, 0.29) is 6.10 Å². The Balaban J connectivity index is 1.50. The Morgan fingerprint density at radius 1 is 1.15 bits per heavy atom. The van der Waals surface area contributed by atoms with E-state index in [1.807, 2.05) is 30.3 Å². The number of hydrogen-bond donors (Lipinski definition) is 1. The van der Waals surface area contributed by atoms with Crippen LogP contribution in [-0.2, 0) is 4.74 Å². The molecular formula is C16H24N2O2. The largest absolute Gasteiger partial charge is 0.387 e. The molecule has 0 saturated carbocycles. The molecule has 0 bridgehead atoms. The molecule has 2 atom stereocenters. The Morgan fingerprint density at radius 3 is 2.65 bits per heavy atom. The van der Waals surface area contributed by atoms with Gasteiger partial charge in [0.15, 0.2) is 0 Å². The molecule has 20 heavy (non-hydrogen) atoms. The van der Waals surface area contributed by atoms with Gasteiger partial charge in [0.25, 0.3) is 0 Å². The van der Waals surface area contributed by atoms with Gasteiger partial charge in [0.1, 0.15) is 0 Å². The van der Waals surface area contributed by atoms with Crippen LogP contribution >= 0.6 is 0 Å². The molecule has 0 spiro atoms. The van der Waals surface area contributed by atoms with Gasteiger partial charge in [0.2, 0.25) is 0 Å². The average Bonchev–Trinajstić information content (AvgIpc) is 2.97.